The van der Waals surface area contributed by atoms with Crippen molar-refractivity contribution < 1.29 is 18.8 Å². The Morgan fingerprint density at radius 1 is 1.08 bits per heavy atom. The van der Waals surface area contributed by atoms with Gasteiger partial charge in [-0.3, -0.25) is 0 Å². The highest BCUT2D eigenvalue weighted by molar-refractivity contribution is 5.13. The molecule has 0 saturated carbocycles. The summed E-state index contributed by atoms with van der Waals surface area (Å²) in [7, 11) is 0. The average molecular weight is 349 g/mol. The van der Waals surface area contributed by atoms with Gasteiger partial charge in [0, 0.05) is 19.1 Å². The van der Waals surface area contributed by atoms with Crippen molar-refractivity contribution >= 4 is 0 Å². The fourth-order valence-corrected chi connectivity index (χ4v) is 3.19. The first kappa shape index (κ1) is 16.6. The van der Waals surface area contributed by atoms with E-state index in [1.807, 2.05) is 11.6 Å². The SMILES string of the molecule is Cc1nonc1Cc1nc(C2CCOCC2)nn1CC1COCCO1. The molecule has 9 nitrogen and oxygen atoms in total. The van der Waals surface area contributed by atoms with Crippen molar-refractivity contribution in [2.24, 2.45) is 0 Å². The van der Waals surface area contributed by atoms with Crippen LogP contribution in [0.1, 0.15) is 41.8 Å². The van der Waals surface area contributed by atoms with Crippen LogP contribution in [0.15, 0.2) is 4.63 Å². The smallest absolute Gasteiger partial charge is 0.154 e. The number of hydrogen-bond acceptors (Lipinski definition) is 8. The summed E-state index contributed by atoms with van der Waals surface area (Å²) in [6, 6.07) is 0. The second-order valence-electron chi connectivity index (χ2n) is 6.50. The highest BCUT2D eigenvalue weighted by Gasteiger charge is 2.25. The fourth-order valence-electron chi connectivity index (χ4n) is 3.19. The van der Waals surface area contributed by atoms with Gasteiger partial charge in [0.05, 0.1) is 32.8 Å². The lowest BCUT2D eigenvalue weighted by atomic mass is 10.00. The third kappa shape index (κ3) is 3.88. The third-order valence-corrected chi connectivity index (χ3v) is 4.68. The minimum absolute atomic E-state index is 0.00623. The van der Waals surface area contributed by atoms with Gasteiger partial charge in [-0.25, -0.2) is 14.3 Å². The van der Waals surface area contributed by atoms with Crippen molar-refractivity contribution in [2.45, 2.75) is 44.8 Å². The molecule has 1 unspecified atom stereocenters. The predicted molar refractivity (Wildman–Crippen MR) is 85.2 cm³/mol. The number of rotatable bonds is 5. The van der Waals surface area contributed by atoms with Gasteiger partial charge in [-0.05, 0) is 19.8 Å². The molecule has 25 heavy (non-hydrogen) atoms. The van der Waals surface area contributed by atoms with Crippen LogP contribution in [0.4, 0.5) is 0 Å². The van der Waals surface area contributed by atoms with E-state index in [-0.39, 0.29) is 6.10 Å². The van der Waals surface area contributed by atoms with Gasteiger partial charge in [0.25, 0.3) is 0 Å². The van der Waals surface area contributed by atoms with Crippen molar-refractivity contribution in [3.05, 3.63) is 23.0 Å². The second kappa shape index (κ2) is 7.59. The molecule has 2 aliphatic heterocycles. The van der Waals surface area contributed by atoms with Gasteiger partial charge in [0.1, 0.15) is 23.3 Å². The topological polar surface area (TPSA) is 97.3 Å². The predicted octanol–water partition coefficient (Wildman–Crippen LogP) is 0.870. The third-order valence-electron chi connectivity index (χ3n) is 4.68. The van der Waals surface area contributed by atoms with E-state index >= 15 is 0 Å². The number of ether oxygens (including phenoxy) is 3. The molecule has 2 aromatic rings. The summed E-state index contributed by atoms with van der Waals surface area (Å²) >= 11 is 0. The zero-order chi connectivity index (χ0) is 17.1. The van der Waals surface area contributed by atoms with E-state index in [2.05, 4.69) is 10.3 Å². The molecule has 2 aromatic heterocycles. The molecule has 0 bridgehead atoms. The summed E-state index contributed by atoms with van der Waals surface area (Å²) < 4.78 is 23.5. The Kier molecular flexibility index (Phi) is 5.04. The molecular formula is C16H23N5O4. The Bertz CT molecular complexity index is 689. The first-order valence-corrected chi connectivity index (χ1v) is 8.78. The van der Waals surface area contributed by atoms with E-state index < -0.39 is 0 Å². The van der Waals surface area contributed by atoms with E-state index in [0.717, 1.165) is 49.1 Å². The van der Waals surface area contributed by atoms with E-state index in [0.29, 0.717) is 38.7 Å². The standard InChI is InChI=1S/C16H23N5O4/c1-11-14(20-25-19-11)8-15-17-16(12-2-4-22-5-3-12)18-21(15)9-13-10-23-6-7-24-13/h12-13H,2-10H2,1H3. The van der Waals surface area contributed by atoms with E-state index in [1.165, 1.54) is 0 Å². The van der Waals surface area contributed by atoms with E-state index in [4.69, 9.17) is 28.9 Å². The van der Waals surface area contributed by atoms with Crippen LogP contribution in [0.5, 0.6) is 0 Å². The molecule has 0 amide bonds. The first-order chi connectivity index (χ1) is 12.3. The number of aryl methyl sites for hydroxylation is 1. The van der Waals surface area contributed by atoms with E-state index in [1.54, 1.807) is 0 Å². The number of hydrogen-bond donors (Lipinski definition) is 0. The van der Waals surface area contributed by atoms with Crippen LogP contribution in [0.3, 0.4) is 0 Å². The Morgan fingerprint density at radius 2 is 1.96 bits per heavy atom. The Balaban J connectivity index is 1.57. The van der Waals surface area contributed by atoms with E-state index in [9.17, 15) is 0 Å². The zero-order valence-corrected chi connectivity index (χ0v) is 14.4. The first-order valence-electron chi connectivity index (χ1n) is 8.78. The summed E-state index contributed by atoms with van der Waals surface area (Å²) in [6.45, 7) is 5.88. The summed E-state index contributed by atoms with van der Waals surface area (Å²) in [6.07, 6.45) is 2.45. The van der Waals surface area contributed by atoms with Crippen molar-refractivity contribution in [3.8, 4) is 0 Å². The second-order valence-corrected chi connectivity index (χ2v) is 6.50. The molecule has 4 heterocycles. The zero-order valence-electron chi connectivity index (χ0n) is 14.4. The molecule has 0 aromatic carbocycles. The van der Waals surface area contributed by atoms with Gasteiger partial charge < -0.3 is 14.2 Å². The monoisotopic (exact) mass is 349 g/mol. The summed E-state index contributed by atoms with van der Waals surface area (Å²) in [5, 5.41) is 12.6. The summed E-state index contributed by atoms with van der Waals surface area (Å²) in [5.41, 5.74) is 1.56. The Hall–Kier alpha value is -1.84. The molecule has 4 rings (SSSR count). The molecule has 1 atom stereocenters. The molecule has 2 saturated heterocycles. The van der Waals surface area contributed by atoms with Crippen LogP contribution in [-0.4, -0.2) is 64.2 Å². The van der Waals surface area contributed by atoms with Crippen LogP contribution in [0.2, 0.25) is 0 Å². The minimum atomic E-state index is -0.00623. The molecule has 2 fully saturated rings. The molecule has 136 valence electrons. The molecule has 0 aliphatic carbocycles. The van der Waals surface area contributed by atoms with Crippen LogP contribution in [0.25, 0.3) is 0 Å². The molecule has 0 spiro atoms. The Labute approximate surface area is 145 Å². The lowest BCUT2D eigenvalue weighted by Crippen LogP contribution is -2.33. The lowest BCUT2D eigenvalue weighted by Gasteiger charge is -2.23. The van der Waals surface area contributed by atoms with Crippen molar-refractivity contribution in [1.29, 1.82) is 0 Å². The molecule has 9 heteroatoms. The fraction of sp³-hybridized carbons (Fsp3) is 0.750. The van der Waals surface area contributed by atoms with Gasteiger partial charge >= 0.3 is 0 Å². The molecule has 2 aliphatic rings. The van der Waals surface area contributed by atoms with Crippen LogP contribution >= 0.6 is 0 Å². The van der Waals surface area contributed by atoms with Crippen molar-refractivity contribution in [1.82, 2.24) is 25.1 Å². The lowest BCUT2D eigenvalue weighted by molar-refractivity contribution is -0.0949. The minimum Gasteiger partial charge on any atom is -0.381 e. The van der Waals surface area contributed by atoms with Gasteiger partial charge in [0.2, 0.25) is 0 Å². The van der Waals surface area contributed by atoms with Gasteiger partial charge in [0.15, 0.2) is 5.82 Å². The summed E-state index contributed by atoms with van der Waals surface area (Å²) in [5.74, 6) is 2.08. The average Bonchev–Trinajstić information content (AvgIpc) is 3.24. The maximum Gasteiger partial charge on any atom is 0.154 e. The van der Waals surface area contributed by atoms with Crippen LogP contribution in [-0.2, 0) is 27.2 Å². The quantitative estimate of drug-likeness (QED) is 0.784. The van der Waals surface area contributed by atoms with Crippen molar-refractivity contribution in [3.63, 3.8) is 0 Å². The van der Waals surface area contributed by atoms with Gasteiger partial charge in [-0.1, -0.05) is 10.3 Å². The van der Waals surface area contributed by atoms with Crippen LogP contribution in [0, 0.1) is 6.92 Å². The summed E-state index contributed by atoms with van der Waals surface area (Å²) in [4.78, 5) is 4.81. The molecule has 0 N–H and O–H groups in total. The maximum absolute atomic E-state index is 5.77. The maximum atomic E-state index is 5.77. The largest absolute Gasteiger partial charge is 0.381 e. The molecule has 0 radical (unpaired) electrons. The van der Waals surface area contributed by atoms with Crippen LogP contribution < -0.4 is 0 Å². The number of nitrogens with zero attached hydrogens (tertiary/aromatic N) is 5. The Morgan fingerprint density at radius 3 is 2.68 bits per heavy atom. The normalized spacial score (nSPS) is 22.4. The molecular weight excluding hydrogens is 326 g/mol. The van der Waals surface area contributed by atoms with Gasteiger partial charge in [-0.2, -0.15) is 5.10 Å². The highest BCUT2D eigenvalue weighted by atomic mass is 16.6. The van der Waals surface area contributed by atoms with Crippen molar-refractivity contribution in [2.75, 3.05) is 33.0 Å². The highest BCUT2D eigenvalue weighted by Crippen LogP contribution is 2.25. The number of aromatic nitrogens is 5. The van der Waals surface area contributed by atoms with Gasteiger partial charge in [-0.15, -0.1) is 0 Å².